The fourth-order valence-electron chi connectivity index (χ4n) is 2.28. The van der Waals surface area contributed by atoms with Crippen molar-refractivity contribution < 1.29 is 13.9 Å². The number of aromatic amines is 1. The van der Waals surface area contributed by atoms with Gasteiger partial charge in [-0.05, 0) is 19.4 Å². The molecular formula is C13H14FN5O2. The van der Waals surface area contributed by atoms with E-state index >= 15 is 0 Å². The zero-order valence-electron chi connectivity index (χ0n) is 11.3. The average Bonchev–Trinajstić information content (AvgIpc) is 3.08. The first-order chi connectivity index (χ1) is 10.1. The van der Waals surface area contributed by atoms with Crippen LogP contribution in [0.2, 0.25) is 0 Å². The molecule has 2 aromatic rings. The molecule has 0 radical (unpaired) electrons. The number of hydrogen-bond donors (Lipinski definition) is 2. The highest BCUT2D eigenvalue weighted by atomic mass is 19.1. The van der Waals surface area contributed by atoms with Gasteiger partial charge in [-0.15, -0.1) is 0 Å². The molecule has 2 atom stereocenters. The second kappa shape index (κ2) is 5.57. The van der Waals surface area contributed by atoms with Crippen LogP contribution in [0.4, 0.5) is 4.39 Å². The van der Waals surface area contributed by atoms with Crippen molar-refractivity contribution in [2.75, 3.05) is 6.61 Å². The number of carbonyl (C=O) groups excluding carboxylic acids is 1. The predicted molar refractivity (Wildman–Crippen MR) is 69.9 cm³/mol. The van der Waals surface area contributed by atoms with Crippen molar-refractivity contribution in [1.29, 1.82) is 0 Å². The fraction of sp³-hybridized carbons (Fsp3) is 0.385. The second-order valence-electron chi connectivity index (χ2n) is 4.79. The molecule has 1 aliphatic heterocycles. The molecule has 0 spiro atoms. The van der Waals surface area contributed by atoms with Crippen molar-refractivity contribution in [2.24, 2.45) is 0 Å². The number of aromatic nitrogens is 4. The Balaban J connectivity index is 1.75. The maximum atomic E-state index is 13.6. The average molecular weight is 291 g/mol. The first-order valence-electron chi connectivity index (χ1n) is 6.56. The topological polar surface area (TPSA) is 92.8 Å². The van der Waals surface area contributed by atoms with Gasteiger partial charge in [-0.25, -0.2) is 9.37 Å². The summed E-state index contributed by atoms with van der Waals surface area (Å²) in [7, 11) is 0. The predicted octanol–water partition coefficient (Wildman–Crippen LogP) is 0.907. The molecule has 7 nitrogen and oxygen atoms in total. The van der Waals surface area contributed by atoms with Gasteiger partial charge in [0.15, 0.2) is 11.6 Å². The Kier molecular flexibility index (Phi) is 3.61. The highest BCUT2D eigenvalue weighted by molar-refractivity contribution is 5.94. The van der Waals surface area contributed by atoms with Crippen LogP contribution in [0.5, 0.6) is 0 Å². The zero-order valence-corrected chi connectivity index (χ0v) is 11.3. The van der Waals surface area contributed by atoms with Crippen LogP contribution in [0.15, 0.2) is 18.5 Å². The minimum Gasteiger partial charge on any atom is -0.368 e. The minimum absolute atomic E-state index is 0.0400. The molecule has 1 amide bonds. The van der Waals surface area contributed by atoms with Crippen molar-refractivity contribution in [3.8, 4) is 0 Å². The SMILES string of the molecule is Cc1nc([C@@H]2OCC[C@@H]2NC(=O)c2ccncc2F)n[nH]1. The van der Waals surface area contributed by atoms with Crippen LogP contribution < -0.4 is 5.32 Å². The summed E-state index contributed by atoms with van der Waals surface area (Å²) in [6, 6.07) is 1.05. The zero-order chi connectivity index (χ0) is 14.8. The van der Waals surface area contributed by atoms with E-state index in [-0.39, 0.29) is 11.6 Å². The maximum absolute atomic E-state index is 13.6. The van der Waals surface area contributed by atoms with Gasteiger partial charge < -0.3 is 10.1 Å². The van der Waals surface area contributed by atoms with E-state index in [2.05, 4.69) is 25.5 Å². The Labute approximate surface area is 119 Å². The standard InChI is InChI=1S/C13H14FN5O2/c1-7-16-12(19-18-7)11-10(3-5-21-11)17-13(20)8-2-4-15-6-9(8)14/h2,4,6,10-11H,3,5H2,1H3,(H,17,20)(H,16,18,19)/t10-,11+/m0/s1. The molecule has 3 rings (SSSR count). The molecule has 1 fully saturated rings. The Hall–Kier alpha value is -2.35. The maximum Gasteiger partial charge on any atom is 0.254 e. The van der Waals surface area contributed by atoms with Gasteiger partial charge in [0.1, 0.15) is 11.9 Å². The van der Waals surface area contributed by atoms with Gasteiger partial charge in [-0.3, -0.25) is 14.9 Å². The van der Waals surface area contributed by atoms with E-state index in [1.165, 1.54) is 12.3 Å². The van der Waals surface area contributed by atoms with Crippen molar-refractivity contribution in [2.45, 2.75) is 25.5 Å². The Bertz CT molecular complexity index is 660. The first kappa shape index (κ1) is 13.6. The number of carbonyl (C=O) groups is 1. The van der Waals surface area contributed by atoms with Gasteiger partial charge in [0, 0.05) is 12.8 Å². The molecule has 8 heteroatoms. The number of pyridine rings is 1. The van der Waals surface area contributed by atoms with Gasteiger partial charge >= 0.3 is 0 Å². The van der Waals surface area contributed by atoms with Gasteiger partial charge in [0.25, 0.3) is 5.91 Å². The van der Waals surface area contributed by atoms with Crippen molar-refractivity contribution in [3.63, 3.8) is 0 Å². The summed E-state index contributed by atoms with van der Waals surface area (Å²) >= 11 is 0. The molecule has 0 bridgehead atoms. The van der Waals surface area contributed by atoms with Crippen molar-refractivity contribution in [1.82, 2.24) is 25.5 Å². The molecular weight excluding hydrogens is 277 g/mol. The summed E-state index contributed by atoms with van der Waals surface area (Å²) in [4.78, 5) is 20.0. The third kappa shape index (κ3) is 2.75. The minimum atomic E-state index is -0.654. The molecule has 110 valence electrons. The van der Waals surface area contributed by atoms with Crippen LogP contribution in [-0.2, 0) is 4.74 Å². The second-order valence-corrected chi connectivity index (χ2v) is 4.79. The van der Waals surface area contributed by atoms with E-state index < -0.39 is 17.8 Å². The third-order valence-corrected chi connectivity index (χ3v) is 3.29. The Morgan fingerprint density at radius 3 is 3.14 bits per heavy atom. The molecule has 2 aromatic heterocycles. The normalized spacial score (nSPS) is 21.4. The van der Waals surface area contributed by atoms with E-state index in [0.717, 1.165) is 6.20 Å². The number of nitrogens with zero attached hydrogens (tertiary/aromatic N) is 3. The number of hydrogen-bond acceptors (Lipinski definition) is 5. The highest BCUT2D eigenvalue weighted by Crippen LogP contribution is 2.27. The number of nitrogens with one attached hydrogen (secondary N) is 2. The number of rotatable bonds is 3. The molecule has 3 heterocycles. The van der Waals surface area contributed by atoms with E-state index in [4.69, 9.17) is 4.74 Å². The van der Waals surface area contributed by atoms with Crippen LogP contribution in [0, 0.1) is 12.7 Å². The summed E-state index contributed by atoms with van der Waals surface area (Å²) in [5.74, 6) is 0.0121. The van der Waals surface area contributed by atoms with Gasteiger partial charge in [0.2, 0.25) is 0 Å². The third-order valence-electron chi connectivity index (χ3n) is 3.29. The quantitative estimate of drug-likeness (QED) is 0.876. The first-order valence-corrected chi connectivity index (χ1v) is 6.56. The summed E-state index contributed by atoms with van der Waals surface area (Å²) in [6.07, 6.45) is 2.58. The van der Waals surface area contributed by atoms with Crippen LogP contribution in [0.1, 0.15) is 34.5 Å². The van der Waals surface area contributed by atoms with E-state index in [0.29, 0.717) is 24.7 Å². The van der Waals surface area contributed by atoms with Crippen LogP contribution in [0.3, 0.4) is 0 Å². The highest BCUT2D eigenvalue weighted by Gasteiger charge is 2.34. The monoisotopic (exact) mass is 291 g/mol. The molecule has 21 heavy (non-hydrogen) atoms. The van der Waals surface area contributed by atoms with E-state index in [1.807, 2.05) is 0 Å². The van der Waals surface area contributed by atoms with Gasteiger partial charge in [0.05, 0.1) is 17.8 Å². The molecule has 0 saturated carbocycles. The lowest BCUT2D eigenvalue weighted by Crippen LogP contribution is -2.37. The lowest BCUT2D eigenvalue weighted by molar-refractivity contribution is 0.0789. The molecule has 1 saturated heterocycles. The molecule has 0 aliphatic carbocycles. The fourth-order valence-corrected chi connectivity index (χ4v) is 2.28. The molecule has 1 aliphatic rings. The Morgan fingerprint density at radius 1 is 1.57 bits per heavy atom. The lowest BCUT2D eigenvalue weighted by Gasteiger charge is -2.17. The summed E-state index contributed by atoms with van der Waals surface area (Å²) in [5.41, 5.74) is -0.0400. The van der Waals surface area contributed by atoms with Gasteiger partial charge in [-0.1, -0.05) is 0 Å². The Morgan fingerprint density at radius 2 is 2.43 bits per heavy atom. The number of amides is 1. The molecule has 2 N–H and O–H groups in total. The smallest absolute Gasteiger partial charge is 0.254 e. The van der Waals surface area contributed by atoms with E-state index in [1.54, 1.807) is 6.92 Å². The van der Waals surface area contributed by atoms with Gasteiger partial charge in [-0.2, -0.15) is 5.10 Å². The van der Waals surface area contributed by atoms with E-state index in [9.17, 15) is 9.18 Å². The van der Waals surface area contributed by atoms with Crippen molar-refractivity contribution >= 4 is 5.91 Å². The largest absolute Gasteiger partial charge is 0.368 e. The molecule has 0 unspecified atom stereocenters. The van der Waals surface area contributed by atoms with Crippen LogP contribution >= 0.6 is 0 Å². The number of ether oxygens (including phenoxy) is 1. The number of aryl methyl sites for hydroxylation is 1. The molecule has 0 aromatic carbocycles. The summed E-state index contributed by atoms with van der Waals surface area (Å²) < 4.78 is 19.1. The number of halogens is 1. The van der Waals surface area contributed by atoms with Crippen LogP contribution in [-0.4, -0.2) is 38.7 Å². The number of H-pyrrole nitrogens is 1. The summed E-state index contributed by atoms with van der Waals surface area (Å²) in [6.45, 7) is 2.27. The van der Waals surface area contributed by atoms with Crippen molar-refractivity contribution in [3.05, 3.63) is 41.5 Å². The van der Waals surface area contributed by atoms with Crippen LogP contribution in [0.25, 0.3) is 0 Å². The lowest BCUT2D eigenvalue weighted by atomic mass is 10.1. The summed E-state index contributed by atoms with van der Waals surface area (Å²) in [5, 5.41) is 9.56.